The molecule has 3 nitrogen and oxygen atoms in total. The number of nitrogen functional groups attached to an aromatic ring is 1. The van der Waals surface area contributed by atoms with Crippen molar-refractivity contribution < 1.29 is 4.42 Å². The van der Waals surface area contributed by atoms with Gasteiger partial charge in [0.1, 0.15) is 6.26 Å². The normalized spacial score (nSPS) is 10.2. The Kier molecular flexibility index (Phi) is 2.00. The van der Waals surface area contributed by atoms with Crippen LogP contribution in [0.3, 0.4) is 0 Å². The number of anilines is 1. The number of aromatic nitrogens is 1. The molecule has 1 heterocycles. The summed E-state index contributed by atoms with van der Waals surface area (Å²) in [5, 5.41) is 0. The second kappa shape index (κ2) is 3.31. The van der Waals surface area contributed by atoms with Gasteiger partial charge in [0.05, 0.1) is 6.20 Å². The van der Waals surface area contributed by atoms with E-state index in [1.54, 1.807) is 12.5 Å². The minimum atomic E-state index is 0.716. The number of nitrogens with two attached hydrogens (primary N) is 1. The highest BCUT2D eigenvalue weighted by Crippen LogP contribution is 2.09. The Morgan fingerprint density at radius 2 is 2.00 bits per heavy atom. The smallest absolute Gasteiger partial charge is 0.198 e. The second-order valence-electron chi connectivity index (χ2n) is 2.84. The van der Waals surface area contributed by atoms with Crippen molar-refractivity contribution in [1.29, 1.82) is 0 Å². The molecular weight excluding hydrogens is 164 g/mol. The highest BCUT2D eigenvalue weighted by Gasteiger charge is 1.98. The average Bonchev–Trinajstić information content (AvgIpc) is 2.62. The van der Waals surface area contributed by atoms with Crippen molar-refractivity contribution in [3.63, 3.8) is 0 Å². The summed E-state index contributed by atoms with van der Waals surface area (Å²) < 4.78 is 5.13. The van der Waals surface area contributed by atoms with E-state index >= 15 is 0 Å². The predicted molar refractivity (Wildman–Crippen MR) is 50.2 cm³/mol. The van der Waals surface area contributed by atoms with E-state index in [9.17, 15) is 0 Å². The van der Waals surface area contributed by atoms with E-state index < -0.39 is 0 Å². The van der Waals surface area contributed by atoms with Crippen LogP contribution in [0.25, 0.3) is 0 Å². The minimum Gasteiger partial charge on any atom is -0.449 e. The fraction of sp³-hybridized carbons (Fsp3) is 0.100. The van der Waals surface area contributed by atoms with Gasteiger partial charge < -0.3 is 10.2 Å². The first kappa shape index (κ1) is 7.86. The van der Waals surface area contributed by atoms with E-state index in [-0.39, 0.29) is 0 Å². The Morgan fingerprint density at radius 1 is 1.23 bits per heavy atom. The van der Waals surface area contributed by atoms with E-state index in [2.05, 4.69) is 4.98 Å². The molecule has 0 radical (unpaired) electrons. The van der Waals surface area contributed by atoms with E-state index in [4.69, 9.17) is 10.2 Å². The molecule has 0 bridgehead atoms. The summed E-state index contributed by atoms with van der Waals surface area (Å²) in [4.78, 5) is 4.04. The lowest BCUT2D eigenvalue weighted by molar-refractivity contribution is 0.507. The van der Waals surface area contributed by atoms with Crippen molar-refractivity contribution >= 4 is 5.69 Å². The monoisotopic (exact) mass is 174 g/mol. The summed E-state index contributed by atoms with van der Waals surface area (Å²) in [7, 11) is 0. The molecule has 0 unspecified atom stereocenters. The molecule has 3 heteroatoms. The molecule has 0 atom stereocenters. The van der Waals surface area contributed by atoms with E-state index in [1.807, 2.05) is 24.3 Å². The molecule has 2 N–H and O–H groups in total. The van der Waals surface area contributed by atoms with Crippen molar-refractivity contribution in [2.75, 3.05) is 5.73 Å². The Balaban J connectivity index is 2.15. The van der Waals surface area contributed by atoms with Gasteiger partial charge in [-0.25, -0.2) is 4.98 Å². The molecule has 0 saturated carbocycles. The maximum atomic E-state index is 5.56. The molecule has 0 aliphatic rings. The lowest BCUT2D eigenvalue weighted by Crippen LogP contribution is -1.89. The van der Waals surface area contributed by atoms with Crippen LogP contribution in [-0.2, 0) is 6.42 Å². The van der Waals surface area contributed by atoms with Gasteiger partial charge in [-0.05, 0) is 17.7 Å². The first-order chi connectivity index (χ1) is 6.34. The van der Waals surface area contributed by atoms with Gasteiger partial charge in [0.15, 0.2) is 5.89 Å². The molecule has 0 aliphatic heterocycles. The van der Waals surface area contributed by atoms with Crippen LogP contribution in [0.4, 0.5) is 5.69 Å². The zero-order chi connectivity index (χ0) is 9.10. The number of hydrogen-bond acceptors (Lipinski definition) is 3. The molecular formula is C10H10N2O. The Labute approximate surface area is 76.2 Å². The number of benzene rings is 1. The largest absolute Gasteiger partial charge is 0.449 e. The van der Waals surface area contributed by atoms with Crippen LogP contribution in [0, 0.1) is 0 Å². The summed E-state index contributed by atoms with van der Waals surface area (Å²) in [5.74, 6) is 0.727. The van der Waals surface area contributed by atoms with Crippen LogP contribution >= 0.6 is 0 Å². The number of nitrogens with zero attached hydrogens (tertiary/aromatic N) is 1. The van der Waals surface area contributed by atoms with Crippen LogP contribution in [0.1, 0.15) is 11.5 Å². The summed E-state index contributed by atoms with van der Waals surface area (Å²) in [6.45, 7) is 0. The molecule has 1 aromatic carbocycles. The maximum absolute atomic E-state index is 5.56. The van der Waals surface area contributed by atoms with Crippen LogP contribution in [0.2, 0.25) is 0 Å². The molecule has 66 valence electrons. The van der Waals surface area contributed by atoms with E-state index in [0.29, 0.717) is 6.42 Å². The molecule has 0 spiro atoms. The summed E-state index contributed by atoms with van der Waals surface area (Å²) in [5.41, 5.74) is 7.48. The molecule has 13 heavy (non-hydrogen) atoms. The van der Waals surface area contributed by atoms with Crippen molar-refractivity contribution in [2.24, 2.45) is 0 Å². The lowest BCUT2D eigenvalue weighted by atomic mass is 10.1. The van der Waals surface area contributed by atoms with Gasteiger partial charge in [0, 0.05) is 12.1 Å². The highest BCUT2D eigenvalue weighted by atomic mass is 16.3. The van der Waals surface area contributed by atoms with Crippen LogP contribution < -0.4 is 5.73 Å². The molecule has 1 aromatic heterocycles. The van der Waals surface area contributed by atoms with Crippen molar-refractivity contribution in [1.82, 2.24) is 4.98 Å². The number of hydrogen-bond donors (Lipinski definition) is 1. The van der Waals surface area contributed by atoms with Gasteiger partial charge in [0.25, 0.3) is 0 Å². The summed E-state index contributed by atoms with van der Waals surface area (Å²) >= 11 is 0. The zero-order valence-electron chi connectivity index (χ0n) is 7.10. The van der Waals surface area contributed by atoms with Crippen molar-refractivity contribution in [3.05, 3.63) is 48.2 Å². The van der Waals surface area contributed by atoms with Gasteiger partial charge in [-0.15, -0.1) is 0 Å². The van der Waals surface area contributed by atoms with Gasteiger partial charge in [0.2, 0.25) is 0 Å². The van der Waals surface area contributed by atoms with E-state index in [1.165, 1.54) is 0 Å². The van der Waals surface area contributed by atoms with Gasteiger partial charge >= 0.3 is 0 Å². The quantitative estimate of drug-likeness (QED) is 0.707. The first-order valence-corrected chi connectivity index (χ1v) is 4.07. The Bertz CT molecular complexity index is 364. The minimum absolute atomic E-state index is 0.716. The number of rotatable bonds is 2. The van der Waals surface area contributed by atoms with Crippen molar-refractivity contribution in [2.45, 2.75) is 6.42 Å². The van der Waals surface area contributed by atoms with Gasteiger partial charge in [-0.1, -0.05) is 12.1 Å². The topological polar surface area (TPSA) is 52.0 Å². The summed E-state index contributed by atoms with van der Waals surface area (Å²) in [6.07, 6.45) is 3.94. The average molecular weight is 174 g/mol. The Morgan fingerprint density at radius 3 is 2.62 bits per heavy atom. The Hall–Kier alpha value is -1.77. The van der Waals surface area contributed by atoms with Gasteiger partial charge in [-0.2, -0.15) is 0 Å². The molecule has 2 rings (SSSR count). The fourth-order valence-electron chi connectivity index (χ4n) is 1.15. The predicted octanol–water partition coefficient (Wildman–Crippen LogP) is 1.85. The highest BCUT2D eigenvalue weighted by molar-refractivity contribution is 5.39. The molecule has 0 saturated heterocycles. The molecule has 0 aliphatic carbocycles. The molecule has 0 fully saturated rings. The standard InChI is InChI=1S/C10H10N2O/c11-9-3-1-8(2-4-9)7-10-12-5-6-13-10/h1-6H,7,11H2. The number of oxazole rings is 1. The van der Waals surface area contributed by atoms with Crippen LogP contribution in [0.15, 0.2) is 41.1 Å². The van der Waals surface area contributed by atoms with E-state index in [0.717, 1.165) is 17.1 Å². The third-order valence-electron chi connectivity index (χ3n) is 1.82. The second-order valence-corrected chi connectivity index (χ2v) is 2.84. The van der Waals surface area contributed by atoms with Crippen LogP contribution in [-0.4, -0.2) is 4.98 Å². The maximum Gasteiger partial charge on any atom is 0.198 e. The van der Waals surface area contributed by atoms with Crippen LogP contribution in [0.5, 0.6) is 0 Å². The fourth-order valence-corrected chi connectivity index (χ4v) is 1.15. The van der Waals surface area contributed by atoms with Gasteiger partial charge in [-0.3, -0.25) is 0 Å². The van der Waals surface area contributed by atoms with Crippen molar-refractivity contribution in [3.8, 4) is 0 Å². The zero-order valence-corrected chi connectivity index (χ0v) is 7.10. The summed E-state index contributed by atoms with van der Waals surface area (Å²) in [6, 6.07) is 7.69. The molecule has 0 amide bonds. The molecule has 2 aromatic rings. The first-order valence-electron chi connectivity index (χ1n) is 4.07. The third-order valence-corrected chi connectivity index (χ3v) is 1.82. The third kappa shape index (κ3) is 1.87. The SMILES string of the molecule is Nc1ccc(Cc2ncco2)cc1. The lowest BCUT2D eigenvalue weighted by Gasteiger charge is -1.97.